The summed E-state index contributed by atoms with van der Waals surface area (Å²) in [6.45, 7) is 3.84. The van der Waals surface area contributed by atoms with Crippen LogP contribution in [-0.4, -0.2) is 84.8 Å². The fourth-order valence-corrected chi connectivity index (χ4v) is 4.41. The van der Waals surface area contributed by atoms with Crippen LogP contribution in [0, 0.1) is 0 Å². The van der Waals surface area contributed by atoms with E-state index in [0.29, 0.717) is 23.6 Å². The van der Waals surface area contributed by atoms with Crippen LogP contribution in [0.5, 0.6) is 0 Å². The number of hydrogen-bond donors (Lipinski definition) is 0. The molecule has 0 amide bonds. The van der Waals surface area contributed by atoms with Crippen molar-refractivity contribution < 1.29 is 25.9 Å². The largest absolute Gasteiger partial charge is 2.00 e. The summed E-state index contributed by atoms with van der Waals surface area (Å²) >= 11 is 0. The first-order valence-corrected chi connectivity index (χ1v) is 12.5. The average molecular weight is 610 g/mol. The minimum atomic E-state index is -4.47. The normalized spacial score (nSPS) is 11.5. The Kier molecular flexibility index (Phi) is 9.62. The van der Waals surface area contributed by atoms with Gasteiger partial charge in [-0.1, -0.05) is 50.2 Å². The van der Waals surface area contributed by atoms with E-state index in [1.165, 1.54) is 12.1 Å². The third kappa shape index (κ3) is 6.84. The first kappa shape index (κ1) is 27.9. The van der Waals surface area contributed by atoms with E-state index in [0.717, 1.165) is 11.4 Å². The van der Waals surface area contributed by atoms with Crippen LogP contribution in [0.2, 0.25) is 0 Å². The zero-order chi connectivity index (χ0) is 23.5. The second-order valence-electron chi connectivity index (χ2n) is 6.88. The molecule has 0 radical (unpaired) electrons. The summed E-state index contributed by atoms with van der Waals surface area (Å²) in [5.41, 5.74) is 2.06. The predicted molar refractivity (Wildman–Crippen MR) is 124 cm³/mol. The van der Waals surface area contributed by atoms with Gasteiger partial charge in [0.05, 0.1) is 20.8 Å². The van der Waals surface area contributed by atoms with Crippen molar-refractivity contribution >= 4 is 90.9 Å². The minimum absolute atomic E-state index is 0. The van der Waals surface area contributed by atoms with E-state index in [-0.39, 0.29) is 69.7 Å². The van der Waals surface area contributed by atoms with Crippen LogP contribution in [-0.2, 0) is 33.1 Å². The number of nitrogens with zero attached hydrogens (tertiary/aromatic N) is 2. The second-order valence-corrected chi connectivity index (χ2v) is 9.57. The molecule has 0 spiro atoms. The van der Waals surface area contributed by atoms with Crippen molar-refractivity contribution in [3.05, 3.63) is 72.1 Å². The van der Waals surface area contributed by atoms with Crippen molar-refractivity contribution in [1.82, 2.24) is 9.97 Å². The number of rotatable bonds is 4. The van der Waals surface area contributed by atoms with Crippen LogP contribution in [0.1, 0.15) is 25.2 Å². The molecular formula is C22H20BaN2O6S2. The third-order valence-corrected chi connectivity index (χ3v) is 6.48. The quantitative estimate of drug-likeness (QED) is 0.254. The molecule has 4 rings (SSSR count). The maximum atomic E-state index is 11.1. The second kappa shape index (κ2) is 11.4. The molecular weight excluding hydrogens is 590 g/mol. The van der Waals surface area contributed by atoms with Gasteiger partial charge in [-0.05, 0) is 37.1 Å². The van der Waals surface area contributed by atoms with Crippen LogP contribution >= 0.6 is 0 Å². The van der Waals surface area contributed by atoms with E-state index < -0.39 is 20.2 Å². The van der Waals surface area contributed by atoms with Gasteiger partial charge in [-0.25, -0.2) is 16.8 Å². The average Bonchev–Trinajstić information content (AvgIpc) is 2.76. The van der Waals surface area contributed by atoms with Crippen molar-refractivity contribution in [2.75, 3.05) is 0 Å². The van der Waals surface area contributed by atoms with Crippen LogP contribution in [0.25, 0.3) is 21.8 Å². The van der Waals surface area contributed by atoms with E-state index in [1.54, 1.807) is 36.4 Å². The van der Waals surface area contributed by atoms with Crippen molar-refractivity contribution in [2.45, 2.75) is 36.5 Å². The molecule has 33 heavy (non-hydrogen) atoms. The molecule has 0 fully saturated rings. The summed E-state index contributed by atoms with van der Waals surface area (Å²) in [6.07, 6.45) is 1.40. The molecule has 0 N–H and O–H groups in total. The number of aromatic nitrogens is 2. The molecule has 0 saturated heterocycles. The maximum Gasteiger partial charge on any atom is 2.00 e. The Bertz CT molecular complexity index is 1390. The zero-order valence-corrected chi connectivity index (χ0v) is 24.1. The Morgan fingerprint density at radius 1 is 0.636 bits per heavy atom. The van der Waals surface area contributed by atoms with E-state index in [1.807, 2.05) is 26.0 Å². The molecule has 0 saturated carbocycles. The molecule has 11 heteroatoms. The molecule has 2 heterocycles. The third-order valence-electron chi connectivity index (χ3n) is 4.74. The Hall–Kier alpha value is -1.35. The summed E-state index contributed by atoms with van der Waals surface area (Å²) in [6, 6.07) is 16.3. The molecule has 2 aromatic carbocycles. The topological polar surface area (TPSA) is 140 Å². The molecule has 4 aromatic rings. The fourth-order valence-electron chi connectivity index (χ4n) is 3.12. The molecule has 0 aliphatic carbocycles. The monoisotopic (exact) mass is 610 g/mol. The molecule has 168 valence electrons. The van der Waals surface area contributed by atoms with E-state index in [2.05, 4.69) is 9.97 Å². The number of benzene rings is 2. The number of fused-ring (bicyclic) bond motifs is 2. The number of hydrogen-bond acceptors (Lipinski definition) is 8. The van der Waals surface area contributed by atoms with E-state index >= 15 is 0 Å². The fraction of sp³-hybridized carbons (Fsp3) is 0.182. The van der Waals surface area contributed by atoms with Gasteiger partial charge in [-0.15, -0.1) is 0 Å². The molecule has 0 aliphatic rings. The Labute approximate surface area is 233 Å². The Morgan fingerprint density at radius 2 is 1.00 bits per heavy atom. The summed E-state index contributed by atoms with van der Waals surface area (Å²) in [5, 5.41) is 1.32. The van der Waals surface area contributed by atoms with Gasteiger partial charge in [0.15, 0.2) is 0 Å². The van der Waals surface area contributed by atoms with Gasteiger partial charge in [0.2, 0.25) is 0 Å². The van der Waals surface area contributed by atoms with Gasteiger partial charge in [-0.3, -0.25) is 9.97 Å². The molecule has 0 bridgehead atoms. The first-order chi connectivity index (χ1) is 15.0. The van der Waals surface area contributed by atoms with Crippen LogP contribution in [0.4, 0.5) is 0 Å². The summed E-state index contributed by atoms with van der Waals surface area (Å²) in [7, 11) is -8.93. The maximum absolute atomic E-state index is 11.1. The van der Waals surface area contributed by atoms with Crippen LogP contribution in [0.3, 0.4) is 0 Å². The van der Waals surface area contributed by atoms with E-state index in [4.69, 9.17) is 0 Å². The molecule has 2 aromatic heterocycles. The van der Waals surface area contributed by atoms with Gasteiger partial charge in [0, 0.05) is 22.2 Å². The van der Waals surface area contributed by atoms with E-state index in [9.17, 15) is 25.9 Å². The van der Waals surface area contributed by atoms with Gasteiger partial charge < -0.3 is 9.11 Å². The smallest absolute Gasteiger partial charge is 0.744 e. The molecule has 0 unspecified atom stereocenters. The van der Waals surface area contributed by atoms with Crippen molar-refractivity contribution in [1.29, 1.82) is 0 Å². The predicted octanol–water partition coefficient (Wildman–Crippen LogP) is 3.02. The molecule has 8 nitrogen and oxygen atoms in total. The Morgan fingerprint density at radius 3 is 1.30 bits per heavy atom. The summed E-state index contributed by atoms with van der Waals surface area (Å²) in [5.74, 6) is 0. The van der Waals surface area contributed by atoms with Gasteiger partial charge >= 0.3 is 48.9 Å². The van der Waals surface area contributed by atoms with Gasteiger partial charge in [0.25, 0.3) is 0 Å². The zero-order valence-electron chi connectivity index (χ0n) is 18.1. The van der Waals surface area contributed by atoms with Gasteiger partial charge in [-0.2, -0.15) is 0 Å². The van der Waals surface area contributed by atoms with Crippen molar-refractivity contribution in [2.24, 2.45) is 0 Å². The molecule has 0 atom stereocenters. The van der Waals surface area contributed by atoms with Crippen LogP contribution in [0.15, 0.2) is 70.5 Å². The number of aryl methyl sites for hydroxylation is 2. The number of para-hydroxylation sites is 2. The van der Waals surface area contributed by atoms with Crippen molar-refractivity contribution in [3.63, 3.8) is 0 Å². The van der Waals surface area contributed by atoms with Gasteiger partial charge in [0.1, 0.15) is 20.2 Å². The SMILES string of the molecule is CCc1ccc2cccc(S(=O)(=O)[O-])c2n1.CCc1ccc2cccc(S(=O)(=O)[O-])c2n1.[Ba+2]. The first-order valence-electron chi connectivity index (χ1n) is 9.73. The molecule has 0 aliphatic heterocycles. The van der Waals surface area contributed by atoms with Crippen molar-refractivity contribution in [3.8, 4) is 0 Å². The summed E-state index contributed by atoms with van der Waals surface area (Å²) in [4.78, 5) is 7.86. The minimum Gasteiger partial charge on any atom is -0.744 e. The summed E-state index contributed by atoms with van der Waals surface area (Å²) < 4.78 is 66.3. The number of pyridine rings is 2. The Balaban J connectivity index is 0.000000227. The van der Waals surface area contributed by atoms with Crippen LogP contribution < -0.4 is 0 Å². The standard InChI is InChI=1S/2C11H11NO3S.Ba/c2*1-2-9-7-6-8-4-3-5-10(11(8)12-9)16(13,14)15;/h2*3-7H,2H2,1H3,(H,13,14,15);/q;;+2/p-2.